The number of sulfonamides is 2. The average molecular weight is 537 g/mol. The van der Waals surface area contributed by atoms with E-state index in [1.807, 2.05) is 12.1 Å². The zero-order valence-electron chi connectivity index (χ0n) is 17.3. The highest BCUT2D eigenvalue weighted by molar-refractivity contribution is 8.13. The first-order valence-electron chi connectivity index (χ1n) is 8.35. The zero-order valence-corrected chi connectivity index (χ0v) is 19.9. The normalized spacial score (nSPS) is 13.4. The molecule has 18 heteroatoms. The molecule has 1 rings (SSSR count). The van der Waals surface area contributed by atoms with Gasteiger partial charge in [0.25, 0.3) is 0 Å². The quantitative estimate of drug-likeness (QED) is 0.271. The van der Waals surface area contributed by atoms with Gasteiger partial charge >= 0.3 is 19.8 Å². The third kappa shape index (κ3) is 8.91. The summed E-state index contributed by atoms with van der Waals surface area (Å²) in [5.74, 6) is 0. The highest BCUT2D eigenvalue weighted by atomic mass is 32.3. The number of nitrogens with zero attached hydrogens (tertiary/aromatic N) is 2. The first-order chi connectivity index (χ1) is 14.4. The molecular weight excluding hydrogens is 514 g/mol. The minimum atomic E-state index is -6.72. The van der Waals surface area contributed by atoms with Crippen molar-refractivity contribution in [2.24, 2.45) is 0 Å². The second-order valence-electron chi connectivity index (χ2n) is 5.85. The van der Waals surface area contributed by atoms with Gasteiger partial charge in [0, 0.05) is 52.9 Å². The Bertz CT molecular complexity index is 885. The molecule has 188 valence electrons. The van der Waals surface area contributed by atoms with Gasteiger partial charge in [-0.25, -0.2) is 21.4 Å². The summed E-state index contributed by atoms with van der Waals surface area (Å²) in [6.45, 7) is 3.06. The summed E-state index contributed by atoms with van der Waals surface area (Å²) in [6, 6.07) is 7.02. The number of rotatable bonds is 9. The molecule has 0 unspecified atom stereocenters. The summed E-state index contributed by atoms with van der Waals surface area (Å²) < 4.78 is 128. The Morgan fingerprint density at radius 1 is 0.906 bits per heavy atom. The number of alkyl halides is 6. The third-order valence-corrected chi connectivity index (χ3v) is 9.34. The predicted molar refractivity (Wildman–Crippen MR) is 101 cm³/mol. The van der Waals surface area contributed by atoms with Crippen molar-refractivity contribution in [2.45, 2.75) is 37.0 Å². The molecule has 0 spiro atoms. The van der Waals surface area contributed by atoms with E-state index in [9.17, 15) is 43.2 Å². The summed E-state index contributed by atoms with van der Waals surface area (Å²) >= 11 is 0. The fourth-order valence-corrected chi connectivity index (χ4v) is 5.46. The van der Waals surface area contributed by atoms with E-state index in [4.69, 9.17) is 13.3 Å². The van der Waals surface area contributed by atoms with Crippen molar-refractivity contribution in [2.75, 3.05) is 21.3 Å². The van der Waals surface area contributed by atoms with Gasteiger partial charge in [-0.15, -0.1) is 0 Å². The highest BCUT2D eigenvalue weighted by Gasteiger charge is 2.47. The van der Waals surface area contributed by atoms with E-state index >= 15 is 0 Å². The summed E-state index contributed by atoms with van der Waals surface area (Å²) in [7, 11) is -10.9. The molecule has 1 heterocycles. The predicted octanol–water partition coefficient (Wildman–Crippen LogP) is 2.61. The van der Waals surface area contributed by atoms with Crippen LogP contribution in [0.5, 0.6) is 0 Å². The van der Waals surface area contributed by atoms with Crippen molar-refractivity contribution in [1.29, 1.82) is 0 Å². The summed E-state index contributed by atoms with van der Waals surface area (Å²) in [5.41, 5.74) is -11.1. The molecule has 32 heavy (non-hydrogen) atoms. The minimum Gasteiger partial charge on any atom is -0.421 e. The molecule has 0 atom stereocenters. The van der Waals surface area contributed by atoms with Gasteiger partial charge in [0.05, 0.1) is 0 Å². The van der Waals surface area contributed by atoms with Gasteiger partial charge in [-0.3, -0.25) is 0 Å². The molecule has 0 bridgehead atoms. The van der Waals surface area contributed by atoms with Crippen molar-refractivity contribution in [1.82, 2.24) is 0 Å². The molecule has 9 nitrogen and oxygen atoms in total. The molecule has 0 aliphatic heterocycles. The molecule has 0 fully saturated rings. The smallest absolute Gasteiger partial charge is 0.421 e. The van der Waals surface area contributed by atoms with Gasteiger partial charge in [0.1, 0.15) is 6.54 Å². The summed E-state index contributed by atoms with van der Waals surface area (Å²) in [5, 5.41) is 0. The number of aryl methyl sites for hydroxylation is 2. The largest absolute Gasteiger partial charge is 0.500 e. The minimum absolute atomic E-state index is 0.778. The Morgan fingerprint density at radius 3 is 1.69 bits per heavy atom. The molecule has 0 radical (unpaired) electrons. The van der Waals surface area contributed by atoms with Crippen molar-refractivity contribution in [3.8, 4) is 0 Å². The van der Waals surface area contributed by atoms with E-state index < -0.39 is 39.9 Å². The van der Waals surface area contributed by atoms with Crippen LogP contribution in [0.15, 0.2) is 24.4 Å². The lowest BCUT2D eigenvalue weighted by molar-refractivity contribution is -0.702. The molecule has 0 aromatic carbocycles. The molecule has 1 aromatic heterocycles. The van der Waals surface area contributed by atoms with Gasteiger partial charge in [-0.2, -0.15) is 26.3 Å². The zero-order chi connectivity index (χ0) is 25.4. The first-order valence-corrected chi connectivity index (χ1v) is 13.2. The van der Waals surface area contributed by atoms with Crippen molar-refractivity contribution < 1.29 is 61.0 Å². The number of aromatic nitrogens is 1. The maximum atomic E-state index is 11.4. The fraction of sp³-hybridized carbons (Fsp3) is 0.643. The summed E-state index contributed by atoms with van der Waals surface area (Å²) in [4.78, 5) is 0. The van der Waals surface area contributed by atoms with E-state index in [1.165, 1.54) is 5.69 Å². The van der Waals surface area contributed by atoms with Gasteiger partial charge in [0.2, 0.25) is 0 Å². The SMILES string of the molecule is CO[Si](CCC[n+]1ccccc1C)(OC)OC.O=S(=O)([N-]S(=O)(=O)C(F)(F)F)C(F)(F)F. The van der Waals surface area contributed by atoms with Crippen LogP contribution >= 0.6 is 0 Å². The monoisotopic (exact) mass is 536 g/mol. The van der Waals surface area contributed by atoms with Gasteiger partial charge in [-0.1, -0.05) is 6.07 Å². The van der Waals surface area contributed by atoms with E-state index in [0.29, 0.717) is 0 Å². The molecular formula is C14H22F6N2O7S2Si. The molecule has 0 saturated heterocycles. The molecule has 0 aliphatic carbocycles. The highest BCUT2D eigenvalue weighted by Crippen LogP contribution is 2.36. The molecule has 0 N–H and O–H groups in total. The second kappa shape index (κ2) is 11.7. The maximum absolute atomic E-state index is 11.4. The molecule has 0 amide bonds. The van der Waals surface area contributed by atoms with Gasteiger partial charge < -0.3 is 17.4 Å². The van der Waals surface area contributed by atoms with E-state index in [0.717, 1.165) is 23.1 Å². The second-order valence-corrected chi connectivity index (χ2v) is 12.4. The molecule has 1 aromatic rings. The van der Waals surface area contributed by atoms with Crippen molar-refractivity contribution in [3.63, 3.8) is 0 Å². The Balaban J connectivity index is 0.000000607. The lowest BCUT2D eigenvalue weighted by Gasteiger charge is -2.23. The Labute approximate surface area is 182 Å². The number of halogens is 6. The third-order valence-electron chi connectivity index (χ3n) is 3.76. The van der Waals surface area contributed by atoms with Crippen LogP contribution in [0, 0.1) is 6.92 Å². The van der Waals surface area contributed by atoms with Crippen LogP contribution in [0.2, 0.25) is 6.04 Å². The fourth-order valence-electron chi connectivity index (χ4n) is 2.05. The van der Waals surface area contributed by atoms with E-state index in [1.54, 1.807) is 21.3 Å². The molecule has 0 saturated carbocycles. The maximum Gasteiger partial charge on any atom is 0.500 e. The average Bonchev–Trinajstić information content (AvgIpc) is 2.65. The first kappa shape index (κ1) is 30.7. The van der Waals surface area contributed by atoms with Crippen LogP contribution in [0.25, 0.3) is 4.13 Å². The standard InChI is InChI=1S/C12H22NO3Si.C2F6NO4S2/c1-12-8-5-6-9-13(12)10-7-11-17(14-2,15-3)16-4;3-1(4,5)14(10,11)9-15(12,13)2(6,7)8/h5-6,8-9H,7,10-11H2,1-4H3;/q+1;-1. The number of hydrogen-bond acceptors (Lipinski definition) is 7. The van der Waals surface area contributed by atoms with Crippen LogP contribution in [0.3, 0.4) is 0 Å². The van der Waals surface area contributed by atoms with E-state index in [2.05, 4.69) is 23.8 Å². The van der Waals surface area contributed by atoms with E-state index in [-0.39, 0.29) is 0 Å². The Morgan fingerprint density at radius 2 is 1.34 bits per heavy atom. The van der Waals surface area contributed by atoms with Crippen molar-refractivity contribution in [3.05, 3.63) is 34.2 Å². The van der Waals surface area contributed by atoms with Crippen LogP contribution in [-0.4, -0.2) is 58.0 Å². The number of hydrogen-bond donors (Lipinski definition) is 0. The Hall–Kier alpha value is -1.31. The number of pyridine rings is 1. The van der Waals surface area contributed by atoms with Crippen molar-refractivity contribution >= 4 is 28.9 Å². The molecule has 0 aliphatic rings. The van der Waals surface area contributed by atoms with Crippen LogP contribution in [0.1, 0.15) is 12.1 Å². The lowest BCUT2D eigenvalue weighted by atomic mass is 10.3. The summed E-state index contributed by atoms with van der Waals surface area (Å²) in [6.07, 6.45) is 3.07. The van der Waals surface area contributed by atoms with Crippen LogP contribution in [-0.2, 0) is 39.9 Å². The van der Waals surface area contributed by atoms with Gasteiger partial charge in [-0.05, 0) is 0 Å². The topological polar surface area (TPSA) is 114 Å². The lowest BCUT2D eigenvalue weighted by Crippen LogP contribution is -2.44. The van der Waals surface area contributed by atoms with Crippen LogP contribution in [0.4, 0.5) is 26.3 Å². The Kier molecular flexibility index (Phi) is 11.2. The van der Waals surface area contributed by atoms with Gasteiger partial charge in [0.15, 0.2) is 31.9 Å². The van der Waals surface area contributed by atoms with Crippen LogP contribution < -0.4 is 4.57 Å².